The molecule has 0 aliphatic carbocycles. The van der Waals surface area contributed by atoms with Gasteiger partial charge in [-0.2, -0.15) is 16.9 Å². The molecular formula is C16H25N5O3S. The smallest absolute Gasteiger partial charge is 0.255 e. The van der Waals surface area contributed by atoms with Crippen molar-refractivity contribution in [3.8, 4) is 0 Å². The Morgan fingerprint density at radius 3 is 2.68 bits per heavy atom. The second kappa shape index (κ2) is 8.37. The zero-order valence-electron chi connectivity index (χ0n) is 15.0. The Morgan fingerprint density at radius 1 is 1.40 bits per heavy atom. The highest BCUT2D eigenvalue weighted by Crippen LogP contribution is 2.20. The molecule has 0 bridgehead atoms. The number of thioether (sulfide) groups is 1. The molecule has 138 valence electrons. The highest BCUT2D eigenvalue weighted by molar-refractivity contribution is 7.99. The van der Waals surface area contributed by atoms with Crippen molar-refractivity contribution in [2.45, 2.75) is 32.4 Å². The first-order valence-corrected chi connectivity index (χ1v) is 9.64. The molecular weight excluding hydrogens is 342 g/mol. The molecule has 25 heavy (non-hydrogen) atoms. The number of aromatic nitrogens is 2. The van der Waals surface area contributed by atoms with Gasteiger partial charge in [0.2, 0.25) is 11.8 Å². The Morgan fingerprint density at radius 2 is 2.12 bits per heavy atom. The number of hydrogen-bond acceptors (Lipinski definition) is 5. The topological polar surface area (TPSA) is 96.3 Å². The summed E-state index contributed by atoms with van der Waals surface area (Å²) in [5.41, 5.74) is 1.15. The number of aryl methyl sites for hydroxylation is 2. The largest absolute Gasteiger partial charge is 0.355 e. The molecule has 2 N–H and O–H groups in total. The van der Waals surface area contributed by atoms with Crippen LogP contribution in [0.4, 0.5) is 0 Å². The molecule has 2 rings (SSSR count). The van der Waals surface area contributed by atoms with Crippen LogP contribution < -0.4 is 10.6 Å². The molecule has 1 aromatic heterocycles. The summed E-state index contributed by atoms with van der Waals surface area (Å²) in [6.07, 6.45) is 3.92. The fourth-order valence-electron chi connectivity index (χ4n) is 3.05. The van der Waals surface area contributed by atoms with Crippen molar-refractivity contribution >= 4 is 29.5 Å². The maximum atomic E-state index is 12.5. The zero-order chi connectivity index (χ0) is 18.6. The van der Waals surface area contributed by atoms with Gasteiger partial charge in [-0.1, -0.05) is 0 Å². The average molecular weight is 367 g/mol. The molecule has 3 amide bonds. The number of carbonyl (C=O) groups is 3. The van der Waals surface area contributed by atoms with E-state index in [1.54, 1.807) is 29.7 Å². The van der Waals surface area contributed by atoms with Gasteiger partial charge in [0, 0.05) is 32.4 Å². The van der Waals surface area contributed by atoms with Gasteiger partial charge in [-0.3, -0.25) is 19.1 Å². The Bertz CT molecular complexity index is 634. The summed E-state index contributed by atoms with van der Waals surface area (Å²) in [5, 5.41) is 9.86. The van der Waals surface area contributed by atoms with E-state index in [1.165, 1.54) is 11.8 Å². The molecule has 2 atom stereocenters. The Labute approximate surface area is 151 Å². The summed E-state index contributed by atoms with van der Waals surface area (Å²) in [4.78, 5) is 38.6. The van der Waals surface area contributed by atoms with Gasteiger partial charge in [0.15, 0.2) is 0 Å². The van der Waals surface area contributed by atoms with Gasteiger partial charge in [0.05, 0.1) is 17.0 Å². The van der Waals surface area contributed by atoms with Gasteiger partial charge in [-0.25, -0.2) is 0 Å². The summed E-state index contributed by atoms with van der Waals surface area (Å²) in [5.74, 6) is -0.174. The van der Waals surface area contributed by atoms with Crippen molar-refractivity contribution in [2.75, 3.05) is 25.1 Å². The van der Waals surface area contributed by atoms with E-state index in [9.17, 15) is 14.4 Å². The minimum Gasteiger partial charge on any atom is -0.355 e. The monoisotopic (exact) mass is 367 g/mol. The second-order valence-electron chi connectivity index (χ2n) is 6.10. The first kappa shape index (κ1) is 19.3. The van der Waals surface area contributed by atoms with Crippen LogP contribution in [0.2, 0.25) is 0 Å². The fourth-order valence-corrected chi connectivity index (χ4v) is 3.46. The van der Waals surface area contributed by atoms with Crippen LogP contribution in [0, 0.1) is 6.92 Å². The molecule has 0 spiro atoms. The minimum absolute atomic E-state index is 0.0851. The van der Waals surface area contributed by atoms with Crippen LogP contribution >= 0.6 is 11.8 Å². The molecule has 1 aliphatic heterocycles. The minimum atomic E-state index is -0.542. The number of likely N-dealkylation sites (tertiary alicyclic amines) is 1. The summed E-state index contributed by atoms with van der Waals surface area (Å²) < 4.78 is 1.59. The molecule has 0 aromatic carbocycles. The number of amides is 3. The SMILES string of the molecule is CCNC(=O)C1CC(NC(=O)c2cn(C)nc2C)CN1C(=O)CSC. The van der Waals surface area contributed by atoms with Gasteiger partial charge >= 0.3 is 0 Å². The highest BCUT2D eigenvalue weighted by Gasteiger charge is 2.39. The first-order chi connectivity index (χ1) is 11.9. The van der Waals surface area contributed by atoms with E-state index >= 15 is 0 Å². The lowest BCUT2D eigenvalue weighted by atomic mass is 10.1. The molecule has 1 saturated heterocycles. The lowest BCUT2D eigenvalue weighted by molar-refractivity contribution is -0.136. The van der Waals surface area contributed by atoms with Gasteiger partial charge in [-0.05, 0) is 26.5 Å². The van der Waals surface area contributed by atoms with Gasteiger partial charge in [0.1, 0.15) is 6.04 Å². The molecule has 9 heteroatoms. The molecule has 1 aliphatic rings. The van der Waals surface area contributed by atoms with E-state index in [0.29, 0.717) is 36.5 Å². The Kier molecular flexibility index (Phi) is 6.46. The number of hydrogen-bond donors (Lipinski definition) is 2. The number of carbonyl (C=O) groups excluding carboxylic acids is 3. The highest BCUT2D eigenvalue weighted by atomic mass is 32.2. The Hall–Kier alpha value is -2.03. The standard InChI is InChI=1S/C16H25N5O3S/c1-5-17-16(24)13-6-11(7-21(13)14(22)9-25-4)18-15(23)12-8-20(3)19-10(12)2/h8,11,13H,5-7,9H2,1-4H3,(H,17,24)(H,18,23). The van der Waals surface area contributed by atoms with Crippen molar-refractivity contribution in [2.24, 2.45) is 7.05 Å². The lowest BCUT2D eigenvalue weighted by Gasteiger charge is -2.23. The van der Waals surface area contributed by atoms with Gasteiger partial charge in [0.25, 0.3) is 5.91 Å². The molecule has 2 unspecified atom stereocenters. The summed E-state index contributed by atoms with van der Waals surface area (Å²) in [6, 6.07) is -0.801. The fraction of sp³-hybridized carbons (Fsp3) is 0.625. The van der Waals surface area contributed by atoms with E-state index in [1.807, 2.05) is 13.2 Å². The summed E-state index contributed by atoms with van der Waals surface area (Å²) >= 11 is 1.42. The van der Waals surface area contributed by atoms with Crippen LogP contribution in [0.15, 0.2) is 6.20 Å². The van der Waals surface area contributed by atoms with Gasteiger partial charge in [-0.15, -0.1) is 0 Å². The third-order valence-electron chi connectivity index (χ3n) is 4.14. The quantitative estimate of drug-likeness (QED) is 0.734. The van der Waals surface area contributed by atoms with Crippen molar-refractivity contribution in [3.63, 3.8) is 0 Å². The van der Waals surface area contributed by atoms with Crippen LogP contribution in [-0.2, 0) is 16.6 Å². The molecule has 0 saturated carbocycles. The van der Waals surface area contributed by atoms with E-state index in [4.69, 9.17) is 0 Å². The lowest BCUT2D eigenvalue weighted by Crippen LogP contribution is -2.46. The van der Waals surface area contributed by atoms with Crippen molar-refractivity contribution in [1.29, 1.82) is 0 Å². The van der Waals surface area contributed by atoms with Crippen LogP contribution in [-0.4, -0.2) is 69.6 Å². The molecule has 2 heterocycles. The molecule has 1 aromatic rings. The first-order valence-electron chi connectivity index (χ1n) is 8.24. The molecule has 0 radical (unpaired) electrons. The second-order valence-corrected chi connectivity index (χ2v) is 6.96. The van der Waals surface area contributed by atoms with Crippen molar-refractivity contribution in [1.82, 2.24) is 25.3 Å². The summed E-state index contributed by atoms with van der Waals surface area (Å²) in [7, 11) is 1.76. The maximum absolute atomic E-state index is 12.5. The van der Waals surface area contributed by atoms with Crippen molar-refractivity contribution < 1.29 is 14.4 Å². The normalized spacial score (nSPS) is 19.8. The number of likely N-dealkylation sites (N-methyl/N-ethyl adjacent to an activating group) is 1. The molecule has 1 fully saturated rings. The van der Waals surface area contributed by atoms with E-state index in [2.05, 4.69) is 15.7 Å². The number of nitrogens with one attached hydrogen (secondary N) is 2. The van der Waals surface area contributed by atoms with Crippen LogP contribution in [0.1, 0.15) is 29.4 Å². The van der Waals surface area contributed by atoms with Crippen LogP contribution in [0.5, 0.6) is 0 Å². The predicted molar refractivity (Wildman–Crippen MR) is 96.4 cm³/mol. The maximum Gasteiger partial charge on any atom is 0.255 e. The van der Waals surface area contributed by atoms with Crippen LogP contribution in [0.3, 0.4) is 0 Å². The number of rotatable bonds is 6. The zero-order valence-corrected chi connectivity index (χ0v) is 15.9. The Balaban J connectivity index is 2.09. The third-order valence-corrected chi connectivity index (χ3v) is 4.67. The van der Waals surface area contributed by atoms with E-state index < -0.39 is 6.04 Å². The molecule has 8 nitrogen and oxygen atoms in total. The van der Waals surface area contributed by atoms with Crippen LogP contribution in [0.25, 0.3) is 0 Å². The summed E-state index contributed by atoms with van der Waals surface area (Å²) in [6.45, 7) is 4.46. The predicted octanol–water partition coefficient (Wildman–Crippen LogP) is -0.0731. The third kappa shape index (κ3) is 4.53. The van der Waals surface area contributed by atoms with E-state index in [0.717, 1.165) is 0 Å². The number of nitrogens with zero attached hydrogens (tertiary/aromatic N) is 3. The van der Waals surface area contributed by atoms with Gasteiger partial charge < -0.3 is 15.5 Å². The van der Waals surface area contributed by atoms with E-state index in [-0.39, 0.29) is 23.8 Å². The van der Waals surface area contributed by atoms with Crippen molar-refractivity contribution in [3.05, 3.63) is 17.5 Å². The average Bonchev–Trinajstić information content (AvgIpc) is 3.11.